The molecule has 0 aliphatic heterocycles. The van der Waals surface area contributed by atoms with Crippen LogP contribution in [0, 0.1) is 0 Å². The fourth-order valence-electron chi connectivity index (χ4n) is 2.56. The first-order chi connectivity index (χ1) is 8.74. The van der Waals surface area contributed by atoms with Crippen molar-refractivity contribution in [1.82, 2.24) is 4.90 Å². The average molecular weight is 268 g/mol. The second kappa shape index (κ2) is 6.31. The van der Waals surface area contributed by atoms with E-state index in [4.69, 9.17) is 10.8 Å². The number of hydrogen-bond donors (Lipinski definition) is 2. The zero-order valence-electron chi connectivity index (χ0n) is 10.4. The van der Waals surface area contributed by atoms with E-state index in [0.29, 0.717) is 6.54 Å². The molecular formula is C13H20N2O2S. The Morgan fingerprint density at radius 3 is 2.83 bits per heavy atom. The van der Waals surface area contributed by atoms with Gasteiger partial charge in [0.15, 0.2) is 0 Å². The van der Waals surface area contributed by atoms with Crippen LogP contribution in [0.25, 0.3) is 0 Å². The quantitative estimate of drug-likeness (QED) is 0.850. The van der Waals surface area contributed by atoms with E-state index in [0.717, 1.165) is 30.6 Å². The van der Waals surface area contributed by atoms with Crippen LogP contribution in [0.3, 0.4) is 0 Å². The number of carbonyl (C=O) groups excluding carboxylic acids is 1. The minimum Gasteiger partial charge on any atom is -0.395 e. The molecular weight excluding hydrogens is 248 g/mol. The number of hydrogen-bond acceptors (Lipinski definition) is 4. The highest BCUT2D eigenvalue weighted by atomic mass is 32.1. The molecule has 0 radical (unpaired) electrons. The number of rotatable bonds is 5. The van der Waals surface area contributed by atoms with Crippen LogP contribution >= 0.6 is 11.3 Å². The number of nitrogens with zero attached hydrogens (tertiary/aromatic N) is 1. The summed E-state index contributed by atoms with van der Waals surface area (Å²) in [5.41, 5.74) is 6.02. The van der Waals surface area contributed by atoms with Crippen molar-refractivity contribution in [2.45, 2.75) is 37.8 Å². The molecule has 18 heavy (non-hydrogen) atoms. The Morgan fingerprint density at radius 1 is 1.56 bits per heavy atom. The molecule has 1 unspecified atom stereocenters. The van der Waals surface area contributed by atoms with Crippen LogP contribution < -0.4 is 5.73 Å². The van der Waals surface area contributed by atoms with Gasteiger partial charge in [-0.3, -0.25) is 4.79 Å². The fourth-order valence-corrected chi connectivity index (χ4v) is 3.28. The first kappa shape index (κ1) is 13.5. The van der Waals surface area contributed by atoms with E-state index in [1.807, 2.05) is 17.5 Å². The molecule has 0 aromatic carbocycles. The van der Waals surface area contributed by atoms with E-state index >= 15 is 0 Å². The minimum atomic E-state index is -0.586. The van der Waals surface area contributed by atoms with Gasteiger partial charge in [0.05, 0.1) is 6.61 Å². The molecule has 1 heterocycles. The Morgan fingerprint density at radius 2 is 2.28 bits per heavy atom. The third-order valence-corrected chi connectivity index (χ3v) is 4.46. The van der Waals surface area contributed by atoms with E-state index in [9.17, 15) is 4.79 Å². The maximum Gasteiger partial charge on any atom is 0.245 e. The summed E-state index contributed by atoms with van der Waals surface area (Å²) >= 11 is 1.50. The van der Waals surface area contributed by atoms with Gasteiger partial charge in [0.1, 0.15) is 6.04 Å². The summed E-state index contributed by atoms with van der Waals surface area (Å²) < 4.78 is 0. The van der Waals surface area contributed by atoms with Crippen LogP contribution in [0.4, 0.5) is 0 Å². The monoisotopic (exact) mass is 268 g/mol. The molecule has 1 amide bonds. The molecule has 100 valence electrons. The first-order valence-corrected chi connectivity index (χ1v) is 7.32. The number of carbonyl (C=O) groups is 1. The largest absolute Gasteiger partial charge is 0.395 e. The Bertz CT molecular complexity index is 374. The molecule has 1 aromatic heterocycles. The third-order valence-electron chi connectivity index (χ3n) is 3.51. The second-order valence-corrected chi connectivity index (χ2v) is 5.67. The van der Waals surface area contributed by atoms with Gasteiger partial charge < -0.3 is 15.7 Å². The van der Waals surface area contributed by atoms with Crippen molar-refractivity contribution in [3.05, 3.63) is 22.4 Å². The number of amides is 1. The Balaban J connectivity index is 2.07. The highest BCUT2D eigenvalue weighted by molar-refractivity contribution is 7.10. The van der Waals surface area contributed by atoms with Gasteiger partial charge in [-0.2, -0.15) is 0 Å². The third kappa shape index (κ3) is 2.91. The molecule has 0 saturated heterocycles. The number of nitrogens with two attached hydrogens (primary N) is 1. The van der Waals surface area contributed by atoms with Crippen LogP contribution in [0.2, 0.25) is 0 Å². The van der Waals surface area contributed by atoms with E-state index in [1.165, 1.54) is 11.3 Å². The predicted octanol–water partition coefficient (Wildman–Crippen LogP) is 1.51. The Kier molecular flexibility index (Phi) is 4.74. The lowest BCUT2D eigenvalue weighted by Crippen LogP contribution is -2.45. The van der Waals surface area contributed by atoms with Gasteiger partial charge in [0.25, 0.3) is 0 Å². The molecule has 1 aromatic rings. The smallest absolute Gasteiger partial charge is 0.245 e. The van der Waals surface area contributed by atoms with Crippen molar-refractivity contribution < 1.29 is 9.90 Å². The molecule has 1 saturated carbocycles. The van der Waals surface area contributed by atoms with Crippen LogP contribution in [0.1, 0.15) is 36.6 Å². The standard InChI is InChI=1S/C13H20N2O2S/c14-12(11-6-3-9-18-11)13(17)15(7-8-16)10-4-1-2-5-10/h3,6,9-10,12,16H,1-2,4-5,7-8,14H2. The fraction of sp³-hybridized carbons (Fsp3) is 0.615. The number of aliphatic hydroxyl groups excluding tert-OH is 1. The predicted molar refractivity (Wildman–Crippen MR) is 72.3 cm³/mol. The maximum absolute atomic E-state index is 12.4. The molecule has 5 heteroatoms. The van der Waals surface area contributed by atoms with E-state index in [1.54, 1.807) is 4.90 Å². The average Bonchev–Trinajstić information content (AvgIpc) is 3.05. The van der Waals surface area contributed by atoms with Crippen molar-refractivity contribution in [1.29, 1.82) is 0 Å². The maximum atomic E-state index is 12.4. The van der Waals surface area contributed by atoms with E-state index < -0.39 is 6.04 Å². The summed E-state index contributed by atoms with van der Waals surface area (Å²) in [4.78, 5) is 15.1. The van der Waals surface area contributed by atoms with Gasteiger partial charge >= 0.3 is 0 Å². The van der Waals surface area contributed by atoms with E-state index in [2.05, 4.69) is 0 Å². The van der Waals surface area contributed by atoms with Crippen LogP contribution in [0.5, 0.6) is 0 Å². The summed E-state index contributed by atoms with van der Waals surface area (Å²) in [6.45, 7) is 0.391. The van der Waals surface area contributed by atoms with Gasteiger partial charge in [-0.15, -0.1) is 11.3 Å². The highest BCUT2D eigenvalue weighted by Gasteiger charge is 2.30. The van der Waals surface area contributed by atoms with Crippen molar-refractivity contribution in [2.75, 3.05) is 13.2 Å². The highest BCUT2D eigenvalue weighted by Crippen LogP contribution is 2.26. The normalized spacial score (nSPS) is 17.9. The second-order valence-electron chi connectivity index (χ2n) is 4.69. The summed E-state index contributed by atoms with van der Waals surface area (Å²) in [5, 5.41) is 11.1. The Hall–Kier alpha value is -0.910. The molecule has 1 aliphatic rings. The zero-order valence-corrected chi connectivity index (χ0v) is 11.2. The summed E-state index contributed by atoms with van der Waals surface area (Å²) in [6, 6.07) is 3.46. The van der Waals surface area contributed by atoms with Gasteiger partial charge in [0, 0.05) is 17.5 Å². The van der Waals surface area contributed by atoms with Gasteiger partial charge in [-0.05, 0) is 24.3 Å². The molecule has 2 rings (SSSR count). The lowest BCUT2D eigenvalue weighted by atomic mass is 10.1. The molecule has 0 spiro atoms. The van der Waals surface area contributed by atoms with Crippen LogP contribution in [-0.2, 0) is 4.79 Å². The summed E-state index contributed by atoms with van der Waals surface area (Å²) in [5.74, 6) is -0.0570. The van der Waals surface area contributed by atoms with Gasteiger partial charge in [-0.1, -0.05) is 18.9 Å². The molecule has 1 aliphatic carbocycles. The van der Waals surface area contributed by atoms with Crippen molar-refractivity contribution in [2.24, 2.45) is 5.73 Å². The summed E-state index contributed by atoms with van der Waals surface area (Å²) in [7, 11) is 0. The van der Waals surface area contributed by atoms with Gasteiger partial charge in [0.2, 0.25) is 5.91 Å². The topological polar surface area (TPSA) is 66.6 Å². The van der Waals surface area contributed by atoms with Crippen LogP contribution in [-0.4, -0.2) is 35.1 Å². The zero-order chi connectivity index (χ0) is 13.0. The summed E-state index contributed by atoms with van der Waals surface area (Å²) in [6.07, 6.45) is 4.38. The lowest BCUT2D eigenvalue weighted by molar-refractivity contribution is -0.135. The number of thiophene rings is 1. The van der Waals surface area contributed by atoms with Crippen molar-refractivity contribution in [3.63, 3.8) is 0 Å². The van der Waals surface area contributed by atoms with Gasteiger partial charge in [-0.25, -0.2) is 0 Å². The van der Waals surface area contributed by atoms with Crippen LogP contribution in [0.15, 0.2) is 17.5 Å². The molecule has 0 bridgehead atoms. The SMILES string of the molecule is NC(C(=O)N(CCO)C1CCCC1)c1cccs1. The molecule has 4 nitrogen and oxygen atoms in total. The number of aliphatic hydroxyl groups is 1. The Labute approximate surface area is 111 Å². The lowest BCUT2D eigenvalue weighted by Gasteiger charge is -2.30. The van der Waals surface area contributed by atoms with Crippen molar-refractivity contribution >= 4 is 17.2 Å². The van der Waals surface area contributed by atoms with Crippen molar-refractivity contribution in [3.8, 4) is 0 Å². The minimum absolute atomic E-state index is 0.000595. The molecule has 3 N–H and O–H groups in total. The first-order valence-electron chi connectivity index (χ1n) is 6.44. The van der Waals surface area contributed by atoms with E-state index in [-0.39, 0.29) is 18.6 Å². The molecule has 1 atom stereocenters. The molecule has 1 fully saturated rings.